The van der Waals surface area contributed by atoms with Gasteiger partial charge in [-0.05, 0) is 48.7 Å². The fourth-order valence-electron chi connectivity index (χ4n) is 2.23. The van der Waals surface area contributed by atoms with Crippen LogP contribution in [0, 0.1) is 6.92 Å². The molecule has 0 saturated heterocycles. The molecule has 1 aliphatic rings. The van der Waals surface area contributed by atoms with Crippen LogP contribution in [0.25, 0.3) is 0 Å². The Hall–Kier alpha value is -2.09. The second-order valence-electron chi connectivity index (χ2n) is 5.74. The maximum Gasteiger partial charge on any atom is 0.239 e. The molecule has 0 spiro atoms. The van der Waals surface area contributed by atoms with E-state index in [9.17, 15) is 9.00 Å². The number of para-hydroxylation sites is 1. The Morgan fingerprint density at radius 2 is 2.17 bits per heavy atom. The SMILES string of the molecule is Cc1ccccc1NC(=O)[C@@H](C)[S@](=O)Cc1nnnn1C1CC1. The summed E-state index contributed by atoms with van der Waals surface area (Å²) in [5, 5.41) is 13.7. The van der Waals surface area contributed by atoms with Crippen molar-refractivity contribution in [1.82, 2.24) is 20.2 Å². The van der Waals surface area contributed by atoms with Crippen LogP contribution in [0.1, 0.15) is 37.2 Å². The van der Waals surface area contributed by atoms with Crippen molar-refractivity contribution in [2.75, 3.05) is 5.32 Å². The first kappa shape index (κ1) is 15.8. The van der Waals surface area contributed by atoms with Gasteiger partial charge in [-0.25, -0.2) is 4.68 Å². The van der Waals surface area contributed by atoms with E-state index in [4.69, 9.17) is 0 Å². The van der Waals surface area contributed by atoms with Crippen molar-refractivity contribution in [3.05, 3.63) is 35.7 Å². The van der Waals surface area contributed by atoms with Gasteiger partial charge in [0.25, 0.3) is 0 Å². The van der Waals surface area contributed by atoms with Gasteiger partial charge in [-0.15, -0.1) is 5.10 Å². The number of carbonyl (C=O) groups is 1. The van der Waals surface area contributed by atoms with Crippen molar-refractivity contribution >= 4 is 22.4 Å². The Labute approximate surface area is 136 Å². The molecule has 0 radical (unpaired) electrons. The Morgan fingerprint density at radius 1 is 1.43 bits per heavy atom. The smallest absolute Gasteiger partial charge is 0.239 e. The Balaban J connectivity index is 1.63. The van der Waals surface area contributed by atoms with Crippen LogP contribution in [0.4, 0.5) is 5.69 Å². The molecule has 1 fully saturated rings. The van der Waals surface area contributed by atoms with Crippen LogP contribution in [-0.2, 0) is 21.3 Å². The monoisotopic (exact) mass is 333 g/mol. The standard InChI is InChI=1S/C15H19N5O2S/c1-10-5-3-4-6-13(10)16-15(21)11(2)23(22)9-14-17-18-19-20(14)12-7-8-12/h3-6,11-12H,7-9H2,1-2H3,(H,16,21)/t11-,23-/m1/s1. The lowest BCUT2D eigenvalue weighted by atomic mass is 10.2. The van der Waals surface area contributed by atoms with Crippen LogP contribution >= 0.6 is 0 Å². The second kappa shape index (κ2) is 6.57. The Morgan fingerprint density at radius 3 is 2.87 bits per heavy atom. The van der Waals surface area contributed by atoms with Gasteiger partial charge in [-0.3, -0.25) is 9.00 Å². The Kier molecular flexibility index (Phi) is 4.51. The third-order valence-electron chi connectivity index (χ3n) is 3.89. The number of amides is 1. The summed E-state index contributed by atoms with van der Waals surface area (Å²) < 4.78 is 14.2. The van der Waals surface area contributed by atoms with Crippen LogP contribution in [0.3, 0.4) is 0 Å². The third kappa shape index (κ3) is 3.64. The highest BCUT2D eigenvalue weighted by atomic mass is 32.2. The highest BCUT2D eigenvalue weighted by molar-refractivity contribution is 7.85. The third-order valence-corrected chi connectivity index (χ3v) is 5.44. The predicted molar refractivity (Wildman–Crippen MR) is 87.2 cm³/mol. The van der Waals surface area contributed by atoms with Gasteiger partial charge in [-0.2, -0.15) is 0 Å². The van der Waals surface area contributed by atoms with Gasteiger partial charge in [0.15, 0.2) is 5.82 Å². The summed E-state index contributed by atoms with van der Waals surface area (Å²) in [6.07, 6.45) is 2.10. The summed E-state index contributed by atoms with van der Waals surface area (Å²) >= 11 is 0. The molecule has 0 bridgehead atoms. The van der Waals surface area contributed by atoms with Crippen LogP contribution in [-0.4, -0.2) is 35.6 Å². The van der Waals surface area contributed by atoms with E-state index in [1.54, 1.807) is 11.6 Å². The van der Waals surface area contributed by atoms with Crippen LogP contribution < -0.4 is 5.32 Å². The van der Waals surface area contributed by atoms with Gasteiger partial charge in [0.05, 0.1) is 11.8 Å². The van der Waals surface area contributed by atoms with Gasteiger partial charge < -0.3 is 5.32 Å². The van der Waals surface area contributed by atoms with Crippen molar-refractivity contribution in [2.45, 2.75) is 43.7 Å². The second-order valence-corrected chi connectivity index (χ2v) is 7.50. The number of nitrogens with zero attached hydrogens (tertiary/aromatic N) is 4. The minimum absolute atomic E-state index is 0.186. The van der Waals surface area contributed by atoms with Gasteiger partial charge in [-0.1, -0.05) is 18.2 Å². The molecule has 7 nitrogen and oxygen atoms in total. The van der Waals surface area contributed by atoms with E-state index >= 15 is 0 Å². The van der Waals surface area contributed by atoms with Crippen molar-refractivity contribution in [3.63, 3.8) is 0 Å². The number of anilines is 1. The van der Waals surface area contributed by atoms with Gasteiger partial charge >= 0.3 is 0 Å². The molecule has 1 aliphatic carbocycles. The molecule has 122 valence electrons. The molecule has 1 amide bonds. The topological polar surface area (TPSA) is 89.8 Å². The first-order valence-electron chi connectivity index (χ1n) is 7.56. The minimum Gasteiger partial charge on any atom is -0.325 e. The highest BCUT2D eigenvalue weighted by Crippen LogP contribution is 2.34. The molecule has 23 heavy (non-hydrogen) atoms. The fourth-order valence-corrected chi connectivity index (χ4v) is 3.22. The quantitative estimate of drug-likeness (QED) is 0.867. The molecule has 1 saturated carbocycles. The molecule has 8 heteroatoms. The summed E-state index contributed by atoms with van der Waals surface area (Å²) in [6.45, 7) is 3.58. The van der Waals surface area contributed by atoms with Crippen LogP contribution in [0.5, 0.6) is 0 Å². The summed E-state index contributed by atoms with van der Waals surface area (Å²) in [6, 6.07) is 7.84. The van der Waals surface area contributed by atoms with Gasteiger partial charge in [0, 0.05) is 16.5 Å². The Bertz CT molecular complexity index is 741. The number of carbonyl (C=O) groups excluding carboxylic acids is 1. The van der Waals surface area contributed by atoms with E-state index in [2.05, 4.69) is 20.8 Å². The molecule has 2 aromatic rings. The molecule has 1 heterocycles. The number of rotatable bonds is 6. The summed E-state index contributed by atoms with van der Waals surface area (Å²) in [5.41, 5.74) is 1.71. The lowest BCUT2D eigenvalue weighted by Gasteiger charge is -2.13. The van der Waals surface area contributed by atoms with E-state index in [1.165, 1.54) is 0 Å². The number of tetrazole rings is 1. The van der Waals surface area contributed by atoms with Crippen molar-refractivity contribution in [3.8, 4) is 0 Å². The van der Waals surface area contributed by atoms with E-state index in [0.717, 1.165) is 24.1 Å². The maximum atomic E-state index is 12.5. The van der Waals surface area contributed by atoms with Crippen LogP contribution in [0.15, 0.2) is 24.3 Å². The number of hydrogen-bond acceptors (Lipinski definition) is 5. The number of benzene rings is 1. The van der Waals surface area contributed by atoms with E-state index < -0.39 is 16.0 Å². The molecule has 2 atom stereocenters. The average Bonchev–Trinajstić information content (AvgIpc) is 3.28. The van der Waals surface area contributed by atoms with Crippen molar-refractivity contribution < 1.29 is 9.00 Å². The summed E-state index contributed by atoms with van der Waals surface area (Å²) in [4.78, 5) is 12.3. The molecule has 0 unspecified atom stereocenters. The van der Waals surface area contributed by atoms with E-state index in [1.807, 2.05) is 31.2 Å². The van der Waals surface area contributed by atoms with E-state index in [-0.39, 0.29) is 11.7 Å². The normalized spacial score (nSPS) is 16.8. The summed E-state index contributed by atoms with van der Waals surface area (Å²) in [7, 11) is -1.38. The average molecular weight is 333 g/mol. The lowest BCUT2D eigenvalue weighted by Crippen LogP contribution is -2.30. The lowest BCUT2D eigenvalue weighted by molar-refractivity contribution is -0.115. The van der Waals surface area contributed by atoms with E-state index in [0.29, 0.717) is 11.9 Å². The molecule has 1 aromatic heterocycles. The molecular formula is C15H19N5O2S. The van der Waals surface area contributed by atoms with Gasteiger partial charge in [0.2, 0.25) is 5.91 Å². The fraction of sp³-hybridized carbons (Fsp3) is 0.467. The zero-order chi connectivity index (χ0) is 16.4. The number of aryl methyl sites for hydroxylation is 1. The number of hydrogen-bond donors (Lipinski definition) is 1. The highest BCUT2D eigenvalue weighted by Gasteiger charge is 2.29. The minimum atomic E-state index is -1.38. The molecule has 0 aliphatic heterocycles. The summed E-state index contributed by atoms with van der Waals surface area (Å²) in [5.74, 6) is 0.510. The number of nitrogens with one attached hydrogen (secondary N) is 1. The molecular weight excluding hydrogens is 314 g/mol. The maximum absolute atomic E-state index is 12.5. The van der Waals surface area contributed by atoms with Crippen LogP contribution in [0.2, 0.25) is 0 Å². The number of aromatic nitrogens is 4. The predicted octanol–water partition coefficient (Wildman–Crippen LogP) is 1.59. The molecule has 1 aromatic carbocycles. The van der Waals surface area contributed by atoms with Gasteiger partial charge in [0.1, 0.15) is 5.25 Å². The van der Waals surface area contributed by atoms with Crippen molar-refractivity contribution in [1.29, 1.82) is 0 Å². The molecule has 1 N–H and O–H groups in total. The zero-order valence-corrected chi connectivity index (χ0v) is 13.9. The zero-order valence-electron chi connectivity index (χ0n) is 13.1. The first-order valence-corrected chi connectivity index (χ1v) is 8.95. The largest absolute Gasteiger partial charge is 0.325 e. The van der Waals surface area contributed by atoms with Crippen molar-refractivity contribution in [2.24, 2.45) is 0 Å². The molecule has 3 rings (SSSR count). The first-order chi connectivity index (χ1) is 11.1.